The Balaban J connectivity index is 2.25. The number of carbonyl (C=O) groups is 1. The predicted octanol–water partition coefficient (Wildman–Crippen LogP) is 4.79. The first-order valence-electron chi connectivity index (χ1n) is 7.25. The van der Waals surface area contributed by atoms with Crippen molar-refractivity contribution >= 4 is 17.5 Å². The molecule has 0 aliphatic rings. The number of nitrogens with one attached hydrogen (secondary N) is 1. The highest BCUT2D eigenvalue weighted by molar-refractivity contribution is 6.35. The lowest BCUT2D eigenvalue weighted by Gasteiger charge is -2.16. The van der Waals surface area contributed by atoms with Crippen molar-refractivity contribution < 1.29 is 22.5 Å². The van der Waals surface area contributed by atoms with Crippen LogP contribution in [-0.4, -0.2) is 17.1 Å². The summed E-state index contributed by atoms with van der Waals surface area (Å²) in [7, 11) is 0. The number of hydrogen-bond donors (Lipinski definition) is 1. The average Bonchev–Trinajstić information content (AvgIpc) is 2.88. The molecule has 1 heterocycles. The fourth-order valence-corrected chi connectivity index (χ4v) is 2.12. The van der Waals surface area contributed by atoms with E-state index in [2.05, 4.69) is 10.5 Å². The van der Waals surface area contributed by atoms with Gasteiger partial charge in [0.1, 0.15) is 10.7 Å². The largest absolute Gasteiger partial charge is 0.416 e. The van der Waals surface area contributed by atoms with E-state index >= 15 is 0 Å². The lowest BCUT2D eigenvalue weighted by molar-refractivity contribution is -0.137. The molecular weight excluding hydrogens is 345 g/mol. The minimum Gasteiger partial charge on any atom is -0.349 e. The summed E-state index contributed by atoms with van der Waals surface area (Å²) in [6, 6.07) is 4.19. The summed E-state index contributed by atoms with van der Waals surface area (Å²) in [5.74, 6) is -0.476. The Kier molecular flexibility index (Phi) is 5.22. The first kappa shape index (κ1) is 18.3. The van der Waals surface area contributed by atoms with Gasteiger partial charge in [0, 0.05) is 11.6 Å². The van der Waals surface area contributed by atoms with Crippen molar-refractivity contribution in [1.82, 2.24) is 10.5 Å². The zero-order chi connectivity index (χ0) is 18.1. The molecular formula is C16H16ClF3N2O2. The fourth-order valence-electron chi connectivity index (χ4n) is 1.86. The lowest BCUT2D eigenvalue weighted by Crippen LogP contribution is -2.36. The summed E-state index contributed by atoms with van der Waals surface area (Å²) < 4.78 is 42.7. The molecule has 130 valence electrons. The van der Waals surface area contributed by atoms with Crippen LogP contribution in [0.5, 0.6) is 0 Å². The quantitative estimate of drug-likeness (QED) is 0.853. The third kappa shape index (κ3) is 3.90. The molecule has 2 rings (SSSR count). The third-order valence-corrected chi connectivity index (χ3v) is 4.04. The van der Waals surface area contributed by atoms with Crippen molar-refractivity contribution in [3.8, 4) is 11.3 Å². The van der Waals surface area contributed by atoms with Crippen molar-refractivity contribution in [1.29, 1.82) is 0 Å². The van der Waals surface area contributed by atoms with Crippen molar-refractivity contribution in [3.05, 3.63) is 40.6 Å². The van der Waals surface area contributed by atoms with E-state index in [9.17, 15) is 18.0 Å². The molecule has 0 aliphatic heterocycles. The zero-order valence-corrected chi connectivity index (χ0v) is 14.0. The Hall–Kier alpha value is -2.02. The van der Waals surface area contributed by atoms with Gasteiger partial charge in [-0.2, -0.15) is 13.2 Å². The van der Waals surface area contributed by atoms with Gasteiger partial charge in [-0.05, 0) is 25.0 Å². The molecule has 0 saturated heterocycles. The van der Waals surface area contributed by atoms with Crippen LogP contribution in [0.1, 0.15) is 36.9 Å². The second kappa shape index (κ2) is 6.84. The van der Waals surface area contributed by atoms with Crippen LogP contribution >= 0.6 is 11.6 Å². The lowest BCUT2D eigenvalue weighted by atomic mass is 10.1. The Morgan fingerprint density at radius 3 is 2.29 bits per heavy atom. The SMILES string of the molecule is CC(C)[C@H](C)NC(=O)c1onc(-c2ccc(C(F)(F)F)cc2)c1Cl. The van der Waals surface area contributed by atoms with Gasteiger partial charge in [0.05, 0.1) is 5.56 Å². The second-order valence-corrected chi connectivity index (χ2v) is 6.13. The summed E-state index contributed by atoms with van der Waals surface area (Å²) in [6.07, 6.45) is -4.43. The van der Waals surface area contributed by atoms with Crippen molar-refractivity contribution in [2.24, 2.45) is 5.92 Å². The summed E-state index contributed by atoms with van der Waals surface area (Å²) >= 11 is 6.11. The van der Waals surface area contributed by atoms with Gasteiger partial charge in [0.25, 0.3) is 5.91 Å². The van der Waals surface area contributed by atoms with Gasteiger partial charge in [-0.3, -0.25) is 4.79 Å². The van der Waals surface area contributed by atoms with E-state index in [4.69, 9.17) is 16.1 Å². The van der Waals surface area contributed by atoms with Crippen LogP contribution in [0.2, 0.25) is 5.02 Å². The van der Waals surface area contributed by atoms with E-state index < -0.39 is 17.6 Å². The van der Waals surface area contributed by atoms with Crippen LogP contribution in [0.15, 0.2) is 28.8 Å². The summed E-state index contributed by atoms with van der Waals surface area (Å²) in [5.41, 5.74) is -0.338. The number of carbonyl (C=O) groups excluding carboxylic acids is 1. The Bertz CT molecular complexity index is 724. The zero-order valence-electron chi connectivity index (χ0n) is 13.2. The van der Waals surface area contributed by atoms with Gasteiger partial charge in [-0.1, -0.05) is 42.7 Å². The van der Waals surface area contributed by atoms with Gasteiger partial charge in [0.2, 0.25) is 5.76 Å². The maximum Gasteiger partial charge on any atom is 0.416 e. The fraction of sp³-hybridized carbons (Fsp3) is 0.375. The topological polar surface area (TPSA) is 55.1 Å². The number of rotatable bonds is 4. The number of nitrogens with zero attached hydrogens (tertiary/aromatic N) is 1. The third-order valence-electron chi connectivity index (χ3n) is 3.69. The average molecular weight is 361 g/mol. The molecule has 1 aromatic carbocycles. The molecule has 1 aromatic heterocycles. The summed E-state index contributed by atoms with van der Waals surface area (Å²) in [5, 5.41) is 6.39. The molecule has 1 atom stereocenters. The normalized spacial score (nSPS) is 13.2. The van der Waals surface area contributed by atoms with E-state index in [1.807, 2.05) is 20.8 Å². The first-order valence-corrected chi connectivity index (χ1v) is 7.62. The van der Waals surface area contributed by atoms with Gasteiger partial charge in [0.15, 0.2) is 0 Å². The van der Waals surface area contributed by atoms with Crippen molar-refractivity contribution in [2.75, 3.05) is 0 Å². The molecule has 1 N–H and O–H groups in total. The van der Waals surface area contributed by atoms with E-state index in [0.29, 0.717) is 5.56 Å². The van der Waals surface area contributed by atoms with Gasteiger partial charge < -0.3 is 9.84 Å². The molecule has 8 heteroatoms. The minimum atomic E-state index is -4.43. The van der Waals surface area contributed by atoms with Gasteiger partial charge in [-0.25, -0.2) is 0 Å². The monoisotopic (exact) mass is 360 g/mol. The molecule has 2 aromatic rings. The predicted molar refractivity (Wildman–Crippen MR) is 83.7 cm³/mol. The summed E-state index contributed by atoms with van der Waals surface area (Å²) in [6.45, 7) is 5.73. The van der Waals surface area contributed by atoms with E-state index in [0.717, 1.165) is 12.1 Å². The first-order chi connectivity index (χ1) is 11.1. The number of benzene rings is 1. The summed E-state index contributed by atoms with van der Waals surface area (Å²) in [4.78, 5) is 12.1. The number of halogens is 4. The van der Waals surface area contributed by atoms with Crippen LogP contribution < -0.4 is 5.32 Å². The molecule has 0 spiro atoms. The molecule has 0 radical (unpaired) electrons. The molecule has 0 fully saturated rings. The smallest absolute Gasteiger partial charge is 0.349 e. The van der Waals surface area contributed by atoms with E-state index in [-0.39, 0.29) is 28.4 Å². The Morgan fingerprint density at radius 1 is 1.21 bits per heavy atom. The molecule has 0 unspecified atom stereocenters. The standard InChI is InChI=1S/C16H16ClF3N2O2/c1-8(2)9(3)21-15(23)14-12(17)13(22-24-14)10-4-6-11(7-5-10)16(18,19)20/h4-9H,1-3H3,(H,21,23)/t9-/m0/s1. The molecule has 24 heavy (non-hydrogen) atoms. The Morgan fingerprint density at radius 2 is 1.79 bits per heavy atom. The van der Waals surface area contributed by atoms with Crippen LogP contribution in [0, 0.1) is 5.92 Å². The molecule has 0 saturated carbocycles. The number of amides is 1. The molecule has 0 bridgehead atoms. The van der Waals surface area contributed by atoms with Crippen LogP contribution in [0.25, 0.3) is 11.3 Å². The van der Waals surface area contributed by atoms with Gasteiger partial charge in [-0.15, -0.1) is 0 Å². The van der Waals surface area contributed by atoms with Crippen LogP contribution in [0.3, 0.4) is 0 Å². The van der Waals surface area contributed by atoms with Crippen LogP contribution in [-0.2, 0) is 6.18 Å². The van der Waals surface area contributed by atoms with Crippen LogP contribution in [0.4, 0.5) is 13.2 Å². The highest BCUT2D eigenvalue weighted by atomic mass is 35.5. The minimum absolute atomic E-state index is 0.0387. The Labute approximate surface area is 142 Å². The maximum absolute atomic E-state index is 12.6. The second-order valence-electron chi connectivity index (χ2n) is 5.76. The molecule has 4 nitrogen and oxygen atoms in total. The molecule has 0 aliphatic carbocycles. The highest BCUT2D eigenvalue weighted by Gasteiger charge is 2.30. The van der Waals surface area contributed by atoms with Crippen molar-refractivity contribution in [3.63, 3.8) is 0 Å². The molecule has 1 amide bonds. The van der Waals surface area contributed by atoms with Crippen molar-refractivity contribution in [2.45, 2.75) is 33.0 Å². The number of aromatic nitrogens is 1. The van der Waals surface area contributed by atoms with E-state index in [1.54, 1.807) is 0 Å². The number of alkyl halides is 3. The van der Waals surface area contributed by atoms with Gasteiger partial charge >= 0.3 is 6.18 Å². The number of hydrogen-bond acceptors (Lipinski definition) is 3. The maximum atomic E-state index is 12.6. The van der Waals surface area contributed by atoms with E-state index in [1.165, 1.54) is 12.1 Å². The highest BCUT2D eigenvalue weighted by Crippen LogP contribution is 2.33.